The molecule has 0 bridgehead atoms. The van der Waals surface area contributed by atoms with Crippen molar-refractivity contribution in [3.05, 3.63) is 72.8 Å². The molecule has 24 heavy (non-hydrogen) atoms. The van der Waals surface area contributed by atoms with Gasteiger partial charge in [-0.1, -0.05) is 49.6 Å². The number of hydrogen-bond donors (Lipinski definition) is 0. The van der Waals surface area contributed by atoms with Gasteiger partial charge in [0.15, 0.2) is 0 Å². The van der Waals surface area contributed by atoms with E-state index in [1.54, 1.807) is 36.4 Å². The molecule has 0 N–H and O–H groups in total. The Kier molecular flexibility index (Phi) is 7.71. The minimum absolute atomic E-state index is 0.304. The fraction of sp³-hybridized carbons (Fsp3) is 0.100. The van der Waals surface area contributed by atoms with Gasteiger partial charge in [0.2, 0.25) is 0 Å². The Bertz CT molecular complexity index is 634. The molecule has 0 amide bonds. The number of carbonyl (C=O) groups is 2. The molecule has 0 aliphatic rings. The Hall–Kier alpha value is -3.14. The maximum absolute atomic E-state index is 10.5. The average molecular weight is 324 g/mol. The van der Waals surface area contributed by atoms with Gasteiger partial charge in [-0.15, -0.1) is 0 Å². The molecule has 0 spiro atoms. The van der Waals surface area contributed by atoms with Crippen molar-refractivity contribution in [2.75, 3.05) is 0 Å². The van der Waals surface area contributed by atoms with Crippen LogP contribution < -0.4 is 9.47 Å². The molecule has 2 aromatic carbocycles. The molecule has 0 aromatic heterocycles. The first-order valence-corrected chi connectivity index (χ1v) is 7.26. The van der Waals surface area contributed by atoms with Gasteiger partial charge in [0, 0.05) is 13.8 Å². The first kappa shape index (κ1) is 18.9. The molecule has 0 fully saturated rings. The predicted octanol–water partition coefficient (Wildman–Crippen LogP) is 4.51. The van der Waals surface area contributed by atoms with Crippen molar-refractivity contribution in [1.82, 2.24) is 0 Å². The summed E-state index contributed by atoms with van der Waals surface area (Å²) in [5.74, 6) is 0.518. The van der Waals surface area contributed by atoms with Crippen LogP contribution in [0, 0.1) is 0 Å². The van der Waals surface area contributed by atoms with Crippen LogP contribution in [0.4, 0.5) is 0 Å². The summed E-state index contributed by atoms with van der Waals surface area (Å²) in [5.41, 5.74) is 2.01. The van der Waals surface area contributed by atoms with E-state index in [1.165, 1.54) is 13.8 Å². The summed E-state index contributed by atoms with van der Waals surface area (Å²) < 4.78 is 9.68. The summed E-state index contributed by atoms with van der Waals surface area (Å²) >= 11 is 0. The van der Waals surface area contributed by atoms with Gasteiger partial charge >= 0.3 is 11.9 Å². The molecular formula is C20H20O4. The maximum atomic E-state index is 10.5. The minimum atomic E-state index is -0.304. The number of hydrogen-bond acceptors (Lipinski definition) is 4. The van der Waals surface area contributed by atoms with Crippen LogP contribution >= 0.6 is 0 Å². The summed E-state index contributed by atoms with van der Waals surface area (Å²) in [7, 11) is 0. The number of benzene rings is 2. The van der Waals surface area contributed by atoms with E-state index in [1.807, 2.05) is 24.3 Å². The Morgan fingerprint density at radius 1 is 0.708 bits per heavy atom. The topological polar surface area (TPSA) is 52.6 Å². The average Bonchev–Trinajstić information content (AvgIpc) is 2.56. The largest absolute Gasteiger partial charge is 0.427 e. The van der Waals surface area contributed by atoms with E-state index in [0.29, 0.717) is 11.5 Å². The predicted molar refractivity (Wildman–Crippen MR) is 95.7 cm³/mol. The van der Waals surface area contributed by atoms with E-state index in [0.717, 1.165) is 11.1 Å². The summed E-state index contributed by atoms with van der Waals surface area (Å²) in [4.78, 5) is 21.1. The zero-order valence-electron chi connectivity index (χ0n) is 13.8. The lowest BCUT2D eigenvalue weighted by molar-refractivity contribution is -0.132. The van der Waals surface area contributed by atoms with E-state index in [2.05, 4.69) is 13.2 Å². The van der Waals surface area contributed by atoms with Crippen LogP contribution in [0.25, 0.3) is 12.2 Å². The van der Waals surface area contributed by atoms with Crippen molar-refractivity contribution in [3.8, 4) is 11.5 Å². The quantitative estimate of drug-likeness (QED) is 0.613. The van der Waals surface area contributed by atoms with Gasteiger partial charge in [-0.05, 0) is 35.4 Å². The molecule has 0 radical (unpaired) electrons. The highest BCUT2D eigenvalue weighted by molar-refractivity contribution is 5.69. The normalized spacial score (nSPS) is 9.08. The summed E-state index contributed by atoms with van der Waals surface area (Å²) in [6.07, 6.45) is 3.47. The van der Waals surface area contributed by atoms with Crippen LogP contribution in [0.5, 0.6) is 11.5 Å². The van der Waals surface area contributed by atoms with Crippen molar-refractivity contribution in [2.45, 2.75) is 13.8 Å². The summed E-state index contributed by atoms with van der Waals surface area (Å²) in [6, 6.07) is 14.3. The first-order chi connectivity index (χ1) is 11.4. The molecule has 0 saturated carbocycles. The molecule has 0 atom stereocenters. The molecule has 0 heterocycles. The highest BCUT2D eigenvalue weighted by atomic mass is 16.5. The zero-order valence-corrected chi connectivity index (χ0v) is 13.8. The number of ether oxygens (including phenoxy) is 2. The third-order valence-electron chi connectivity index (χ3n) is 2.75. The van der Waals surface area contributed by atoms with Crippen LogP contribution in [-0.4, -0.2) is 11.9 Å². The maximum Gasteiger partial charge on any atom is 0.308 e. The van der Waals surface area contributed by atoms with Crippen LogP contribution in [0.3, 0.4) is 0 Å². The smallest absolute Gasteiger partial charge is 0.308 e. The lowest BCUT2D eigenvalue weighted by atomic mass is 10.2. The number of esters is 2. The third-order valence-corrected chi connectivity index (χ3v) is 2.75. The van der Waals surface area contributed by atoms with E-state index < -0.39 is 0 Å². The molecule has 4 nitrogen and oxygen atoms in total. The zero-order chi connectivity index (χ0) is 17.9. The fourth-order valence-corrected chi connectivity index (χ4v) is 1.68. The second kappa shape index (κ2) is 9.79. The van der Waals surface area contributed by atoms with Crippen molar-refractivity contribution in [2.24, 2.45) is 0 Å². The molecule has 124 valence electrons. The fourth-order valence-electron chi connectivity index (χ4n) is 1.68. The third kappa shape index (κ3) is 7.22. The number of rotatable bonds is 4. The van der Waals surface area contributed by atoms with Gasteiger partial charge in [-0.25, -0.2) is 0 Å². The van der Waals surface area contributed by atoms with Crippen molar-refractivity contribution in [1.29, 1.82) is 0 Å². The Morgan fingerprint density at radius 2 is 1.00 bits per heavy atom. The van der Waals surface area contributed by atoms with Gasteiger partial charge in [-0.3, -0.25) is 9.59 Å². The molecule has 2 aromatic rings. The lowest BCUT2D eigenvalue weighted by Crippen LogP contribution is -2.00. The van der Waals surface area contributed by atoms with Gasteiger partial charge in [0.25, 0.3) is 0 Å². The van der Waals surface area contributed by atoms with E-state index >= 15 is 0 Å². The van der Waals surface area contributed by atoms with Crippen molar-refractivity contribution >= 4 is 24.1 Å². The highest BCUT2D eigenvalue weighted by Crippen LogP contribution is 2.13. The van der Waals surface area contributed by atoms with Crippen molar-refractivity contribution < 1.29 is 19.1 Å². The molecule has 0 unspecified atom stereocenters. The van der Waals surface area contributed by atoms with Crippen LogP contribution in [-0.2, 0) is 9.59 Å². The van der Waals surface area contributed by atoms with Gasteiger partial charge in [0.05, 0.1) is 0 Å². The second-order valence-electron chi connectivity index (χ2n) is 4.73. The molecule has 0 aliphatic heterocycles. The summed E-state index contributed by atoms with van der Waals surface area (Å²) in [6.45, 7) is 9.98. The lowest BCUT2D eigenvalue weighted by Gasteiger charge is -1.99. The minimum Gasteiger partial charge on any atom is -0.427 e. The molecule has 0 saturated heterocycles. The summed E-state index contributed by atoms with van der Waals surface area (Å²) in [5, 5.41) is 0. The van der Waals surface area contributed by atoms with Crippen LogP contribution in [0.2, 0.25) is 0 Å². The Balaban J connectivity index is 0.000000240. The first-order valence-electron chi connectivity index (χ1n) is 7.26. The van der Waals surface area contributed by atoms with Crippen LogP contribution in [0.15, 0.2) is 61.7 Å². The van der Waals surface area contributed by atoms with Crippen LogP contribution in [0.1, 0.15) is 25.0 Å². The second-order valence-corrected chi connectivity index (χ2v) is 4.73. The standard InChI is InChI=1S/2C10H10O2/c2*1-3-9-4-6-10(7-5-9)12-8(2)11/h2*3-7H,1H2,2H3. The SMILES string of the molecule is C=Cc1ccc(OC(C)=O)cc1.C=Cc1ccc(OC(C)=O)cc1. The molecule has 4 heteroatoms. The molecule has 2 rings (SSSR count). The highest BCUT2D eigenvalue weighted by Gasteiger charge is 1.96. The van der Waals surface area contributed by atoms with Crippen molar-refractivity contribution in [3.63, 3.8) is 0 Å². The van der Waals surface area contributed by atoms with Gasteiger partial charge < -0.3 is 9.47 Å². The van der Waals surface area contributed by atoms with E-state index in [-0.39, 0.29) is 11.9 Å². The van der Waals surface area contributed by atoms with Gasteiger partial charge in [0.1, 0.15) is 11.5 Å². The van der Waals surface area contributed by atoms with E-state index in [9.17, 15) is 9.59 Å². The molecule has 0 aliphatic carbocycles. The monoisotopic (exact) mass is 324 g/mol. The Labute approximate surface area is 142 Å². The Morgan fingerprint density at radius 3 is 1.21 bits per heavy atom. The van der Waals surface area contributed by atoms with Gasteiger partial charge in [-0.2, -0.15) is 0 Å². The molecular weight excluding hydrogens is 304 g/mol. The van der Waals surface area contributed by atoms with E-state index in [4.69, 9.17) is 9.47 Å². The number of carbonyl (C=O) groups excluding carboxylic acids is 2.